The largest absolute Gasteiger partial charge is 0.347 e. The van der Waals surface area contributed by atoms with Gasteiger partial charge < -0.3 is 15.5 Å². The molecule has 2 heterocycles. The van der Waals surface area contributed by atoms with E-state index in [2.05, 4.69) is 10.6 Å². The first-order chi connectivity index (χ1) is 12.1. The Bertz CT molecular complexity index is 774. The first-order valence-corrected chi connectivity index (χ1v) is 9.08. The third-order valence-corrected chi connectivity index (χ3v) is 4.71. The van der Waals surface area contributed by atoms with Crippen LogP contribution >= 0.6 is 11.3 Å². The zero-order valence-electron chi connectivity index (χ0n) is 13.7. The molecule has 130 valence electrons. The molecule has 1 aromatic heterocycles. The third kappa shape index (κ3) is 4.45. The average molecular weight is 357 g/mol. The van der Waals surface area contributed by atoms with Crippen LogP contribution in [0.5, 0.6) is 0 Å². The van der Waals surface area contributed by atoms with Gasteiger partial charge in [0, 0.05) is 30.9 Å². The van der Waals surface area contributed by atoms with E-state index in [4.69, 9.17) is 0 Å². The fraction of sp³-hybridized carbons (Fsp3) is 0.278. The molecule has 7 heteroatoms. The Hall–Kier alpha value is -2.67. The molecule has 6 nitrogen and oxygen atoms in total. The van der Waals surface area contributed by atoms with Gasteiger partial charge in [0.05, 0.1) is 0 Å². The number of benzene rings is 1. The molecule has 1 aliphatic heterocycles. The Morgan fingerprint density at radius 2 is 2.08 bits per heavy atom. The number of carbonyl (C=O) groups is 3. The molecular formula is C18H19N3O3S. The first-order valence-electron chi connectivity index (χ1n) is 8.14. The van der Waals surface area contributed by atoms with E-state index >= 15 is 0 Å². The van der Waals surface area contributed by atoms with Crippen molar-refractivity contribution in [3.63, 3.8) is 0 Å². The predicted molar refractivity (Wildman–Crippen MR) is 97.7 cm³/mol. The highest BCUT2D eigenvalue weighted by Gasteiger charge is 2.22. The Balaban J connectivity index is 1.53. The second-order valence-corrected chi connectivity index (χ2v) is 6.57. The van der Waals surface area contributed by atoms with E-state index in [9.17, 15) is 14.4 Å². The lowest BCUT2D eigenvalue weighted by atomic mass is 10.2. The maximum absolute atomic E-state index is 12.0. The Labute approximate surface area is 149 Å². The van der Waals surface area contributed by atoms with Gasteiger partial charge in [0.2, 0.25) is 5.91 Å². The Kier molecular flexibility index (Phi) is 5.45. The van der Waals surface area contributed by atoms with Crippen LogP contribution in [0.15, 0.2) is 41.1 Å². The monoisotopic (exact) mass is 357 g/mol. The zero-order valence-corrected chi connectivity index (χ0v) is 14.5. The van der Waals surface area contributed by atoms with Gasteiger partial charge in [-0.15, -0.1) is 0 Å². The quantitative estimate of drug-likeness (QED) is 0.805. The summed E-state index contributed by atoms with van der Waals surface area (Å²) in [7, 11) is 0. The van der Waals surface area contributed by atoms with Crippen LogP contribution in [0.3, 0.4) is 0 Å². The van der Waals surface area contributed by atoms with Gasteiger partial charge in [-0.2, -0.15) is 11.3 Å². The lowest BCUT2D eigenvalue weighted by molar-refractivity contribution is -0.136. The fourth-order valence-corrected chi connectivity index (χ4v) is 3.40. The number of nitrogens with zero attached hydrogens (tertiary/aromatic N) is 1. The van der Waals surface area contributed by atoms with Crippen molar-refractivity contribution in [3.05, 3.63) is 46.7 Å². The maximum Gasteiger partial charge on any atom is 0.313 e. The SMILES string of the molecule is O=C(NCCc1ccsc1)C(=O)Nc1cccc(N2CCCC2=O)c1. The summed E-state index contributed by atoms with van der Waals surface area (Å²) in [6.45, 7) is 1.09. The van der Waals surface area contributed by atoms with E-state index in [1.807, 2.05) is 22.9 Å². The number of nitrogens with one attached hydrogen (secondary N) is 2. The molecule has 3 rings (SSSR count). The molecule has 0 radical (unpaired) electrons. The molecule has 0 aliphatic carbocycles. The molecule has 0 unspecified atom stereocenters. The van der Waals surface area contributed by atoms with Gasteiger partial charge in [0.15, 0.2) is 0 Å². The van der Waals surface area contributed by atoms with Crippen LogP contribution in [0.25, 0.3) is 0 Å². The minimum Gasteiger partial charge on any atom is -0.347 e. The minimum absolute atomic E-state index is 0.0784. The first kappa shape index (κ1) is 17.2. The summed E-state index contributed by atoms with van der Waals surface area (Å²) in [6, 6.07) is 8.97. The van der Waals surface area contributed by atoms with Crippen molar-refractivity contribution < 1.29 is 14.4 Å². The van der Waals surface area contributed by atoms with Crippen molar-refractivity contribution in [2.75, 3.05) is 23.3 Å². The number of thiophene rings is 1. The van der Waals surface area contributed by atoms with Crippen molar-refractivity contribution >= 4 is 40.4 Å². The highest BCUT2D eigenvalue weighted by molar-refractivity contribution is 7.07. The minimum atomic E-state index is -0.713. The second-order valence-electron chi connectivity index (χ2n) is 5.79. The van der Waals surface area contributed by atoms with E-state index in [0.717, 1.165) is 17.7 Å². The van der Waals surface area contributed by atoms with E-state index in [0.29, 0.717) is 31.6 Å². The molecule has 1 saturated heterocycles. The average Bonchev–Trinajstić information content (AvgIpc) is 3.26. The molecule has 3 amide bonds. The molecule has 25 heavy (non-hydrogen) atoms. The van der Waals surface area contributed by atoms with Crippen LogP contribution in [0.4, 0.5) is 11.4 Å². The second kappa shape index (κ2) is 7.94. The summed E-state index contributed by atoms with van der Waals surface area (Å²) in [5.74, 6) is -1.30. The van der Waals surface area contributed by atoms with Crippen molar-refractivity contribution in [1.82, 2.24) is 5.32 Å². The normalized spacial score (nSPS) is 13.8. The number of rotatable bonds is 5. The van der Waals surface area contributed by atoms with E-state index in [-0.39, 0.29) is 5.91 Å². The van der Waals surface area contributed by atoms with E-state index in [1.54, 1.807) is 34.4 Å². The van der Waals surface area contributed by atoms with Crippen LogP contribution < -0.4 is 15.5 Å². The van der Waals surface area contributed by atoms with Crippen LogP contribution in [0.2, 0.25) is 0 Å². The molecule has 0 saturated carbocycles. The molecule has 0 spiro atoms. The highest BCUT2D eigenvalue weighted by Crippen LogP contribution is 2.24. The van der Waals surface area contributed by atoms with E-state index in [1.165, 1.54) is 0 Å². The van der Waals surface area contributed by atoms with Gasteiger partial charge >= 0.3 is 11.8 Å². The molecule has 0 bridgehead atoms. The Morgan fingerprint density at radius 3 is 2.80 bits per heavy atom. The van der Waals surface area contributed by atoms with Crippen molar-refractivity contribution in [2.24, 2.45) is 0 Å². The molecule has 2 aromatic rings. The van der Waals surface area contributed by atoms with Gasteiger partial charge in [-0.25, -0.2) is 0 Å². The van der Waals surface area contributed by atoms with Gasteiger partial charge in [0.25, 0.3) is 0 Å². The summed E-state index contributed by atoms with van der Waals surface area (Å²) >= 11 is 1.60. The lowest BCUT2D eigenvalue weighted by Gasteiger charge is -2.16. The predicted octanol–water partition coefficient (Wildman–Crippen LogP) is 2.17. The summed E-state index contributed by atoms with van der Waals surface area (Å²) in [4.78, 5) is 37.4. The van der Waals surface area contributed by atoms with Gasteiger partial charge in [-0.1, -0.05) is 6.07 Å². The van der Waals surface area contributed by atoms with Crippen LogP contribution in [-0.4, -0.2) is 30.8 Å². The van der Waals surface area contributed by atoms with Gasteiger partial charge in [0.1, 0.15) is 0 Å². The summed E-state index contributed by atoms with van der Waals surface area (Å²) in [5.41, 5.74) is 2.36. The molecule has 2 N–H and O–H groups in total. The number of anilines is 2. The van der Waals surface area contributed by atoms with E-state index < -0.39 is 11.8 Å². The van der Waals surface area contributed by atoms with Crippen LogP contribution in [-0.2, 0) is 20.8 Å². The zero-order chi connectivity index (χ0) is 17.6. The fourth-order valence-electron chi connectivity index (χ4n) is 2.70. The standard InChI is InChI=1S/C18H19N3O3S/c22-16-5-2-9-21(16)15-4-1-3-14(11-15)20-18(24)17(23)19-8-6-13-7-10-25-12-13/h1,3-4,7,10-12H,2,5-6,8-9H2,(H,19,23)(H,20,24). The summed E-state index contributed by atoms with van der Waals surface area (Å²) in [6.07, 6.45) is 2.07. The summed E-state index contributed by atoms with van der Waals surface area (Å²) < 4.78 is 0. The molecule has 0 atom stereocenters. The van der Waals surface area contributed by atoms with Gasteiger partial charge in [-0.3, -0.25) is 14.4 Å². The molecule has 1 fully saturated rings. The van der Waals surface area contributed by atoms with Crippen LogP contribution in [0, 0.1) is 0 Å². The molecule has 1 aromatic carbocycles. The lowest BCUT2D eigenvalue weighted by Crippen LogP contribution is -2.36. The highest BCUT2D eigenvalue weighted by atomic mass is 32.1. The molecule has 1 aliphatic rings. The topological polar surface area (TPSA) is 78.5 Å². The molecular weight excluding hydrogens is 338 g/mol. The third-order valence-electron chi connectivity index (χ3n) is 3.97. The number of hydrogen-bond acceptors (Lipinski definition) is 4. The number of carbonyl (C=O) groups excluding carboxylic acids is 3. The summed E-state index contributed by atoms with van der Waals surface area (Å²) in [5, 5.41) is 9.17. The number of hydrogen-bond donors (Lipinski definition) is 2. The van der Waals surface area contributed by atoms with Crippen molar-refractivity contribution in [3.8, 4) is 0 Å². The van der Waals surface area contributed by atoms with Crippen LogP contribution in [0.1, 0.15) is 18.4 Å². The van der Waals surface area contributed by atoms with Crippen molar-refractivity contribution in [1.29, 1.82) is 0 Å². The smallest absolute Gasteiger partial charge is 0.313 e. The van der Waals surface area contributed by atoms with Crippen molar-refractivity contribution in [2.45, 2.75) is 19.3 Å². The maximum atomic E-state index is 12.0. The number of amides is 3. The van der Waals surface area contributed by atoms with Gasteiger partial charge in [-0.05, 0) is 53.4 Å². The Morgan fingerprint density at radius 1 is 1.20 bits per heavy atom.